The summed E-state index contributed by atoms with van der Waals surface area (Å²) in [6, 6.07) is 5.49. The molecule has 1 atom stereocenters. The Morgan fingerprint density at radius 3 is 1.68 bits per heavy atom. The highest BCUT2D eigenvalue weighted by Crippen LogP contribution is 2.29. The van der Waals surface area contributed by atoms with Crippen molar-refractivity contribution in [3.63, 3.8) is 0 Å². The molecule has 3 nitrogen and oxygen atoms in total. The molecule has 198 valence electrons. The first-order valence-electron chi connectivity index (χ1n) is 13.2. The Hall–Kier alpha value is -1.11. The van der Waals surface area contributed by atoms with Gasteiger partial charge >= 0.3 is 6.18 Å². The number of ether oxygens (including phenoxy) is 3. The topological polar surface area (TPSA) is 27.7 Å². The zero-order valence-corrected chi connectivity index (χ0v) is 22.0. The zero-order valence-electron chi connectivity index (χ0n) is 22.0. The zero-order chi connectivity index (χ0) is 25.4. The number of hydrogen-bond donors (Lipinski definition) is 0. The fourth-order valence-corrected chi connectivity index (χ4v) is 3.87. The van der Waals surface area contributed by atoms with Crippen LogP contribution in [-0.4, -0.2) is 24.8 Å². The van der Waals surface area contributed by atoms with Crippen molar-refractivity contribution in [2.75, 3.05) is 0 Å². The predicted molar refractivity (Wildman–Crippen MR) is 133 cm³/mol. The van der Waals surface area contributed by atoms with E-state index in [-0.39, 0.29) is 18.3 Å². The SMILES string of the molecule is CCCCCCCCCC(CCCCc1ccc(C(F)(F)F)cc1)OC(OC(C)C)OC(C)C. The highest BCUT2D eigenvalue weighted by atomic mass is 19.4. The van der Waals surface area contributed by atoms with Crippen molar-refractivity contribution in [1.82, 2.24) is 0 Å². The minimum absolute atomic E-state index is 0.00244. The minimum atomic E-state index is -4.29. The van der Waals surface area contributed by atoms with Gasteiger partial charge in [0.1, 0.15) is 0 Å². The maximum atomic E-state index is 12.7. The van der Waals surface area contributed by atoms with Gasteiger partial charge in [0.2, 0.25) is 0 Å². The van der Waals surface area contributed by atoms with E-state index in [0.29, 0.717) is 0 Å². The van der Waals surface area contributed by atoms with Crippen molar-refractivity contribution in [3.05, 3.63) is 35.4 Å². The molecule has 1 unspecified atom stereocenters. The Balaban J connectivity index is 2.53. The van der Waals surface area contributed by atoms with E-state index in [1.807, 2.05) is 27.7 Å². The molecule has 0 aliphatic heterocycles. The lowest BCUT2D eigenvalue weighted by atomic mass is 10.0. The van der Waals surface area contributed by atoms with Gasteiger partial charge in [-0.3, -0.25) is 0 Å². The van der Waals surface area contributed by atoms with Gasteiger partial charge in [0.15, 0.2) is 0 Å². The second-order valence-electron chi connectivity index (χ2n) is 9.77. The van der Waals surface area contributed by atoms with E-state index in [1.54, 1.807) is 12.1 Å². The summed E-state index contributed by atoms with van der Waals surface area (Å²) in [5.74, 6) is 0. The molecule has 1 aromatic carbocycles. The van der Waals surface area contributed by atoms with Crippen molar-refractivity contribution in [1.29, 1.82) is 0 Å². The summed E-state index contributed by atoms with van der Waals surface area (Å²) in [5.41, 5.74) is 0.336. The van der Waals surface area contributed by atoms with E-state index in [9.17, 15) is 13.2 Å². The maximum Gasteiger partial charge on any atom is 0.416 e. The molecule has 0 amide bonds. The van der Waals surface area contributed by atoms with Gasteiger partial charge in [0.05, 0.1) is 23.9 Å². The van der Waals surface area contributed by atoms with Gasteiger partial charge < -0.3 is 14.2 Å². The molecule has 0 aliphatic rings. The molecule has 34 heavy (non-hydrogen) atoms. The van der Waals surface area contributed by atoms with Crippen LogP contribution >= 0.6 is 0 Å². The summed E-state index contributed by atoms with van der Waals surface area (Å²) in [4.78, 5) is 0. The van der Waals surface area contributed by atoms with E-state index >= 15 is 0 Å². The van der Waals surface area contributed by atoms with E-state index in [2.05, 4.69) is 6.92 Å². The smallest absolute Gasteiger partial charge is 0.327 e. The molecule has 0 saturated carbocycles. The molecule has 0 radical (unpaired) electrons. The van der Waals surface area contributed by atoms with Crippen LogP contribution in [0.1, 0.15) is 116 Å². The molecule has 0 aliphatic carbocycles. The number of unbranched alkanes of at least 4 members (excludes halogenated alkanes) is 7. The number of halogens is 3. The molecule has 6 heteroatoms. The number of aryl methyl sites for hydroxylation is 1. The Morgan fingerprint density at radius 1 is 0.676 bits per heavy atom. The van der Waals surface area contributed by atoms with Gasteiger partial charge in [-0.25, -0.2) is 0 Å². The summed E-state index contributed by atoms with van der Waals surface area (Å²) in [7, 11) is 0. The first-order valence-corrected chi connectivity index (χ1v) is 13.2. The molecular weight excluding hydrogens is 441 g/mol. The first kappa shape index (κ1) is 30.9. The van der Waals surface area contributed by atoms with Gasteiger partial charge in [0.25, 0.3) is 6.48 Å². The third kappa shape index (κ3) is 15.0. The molecule has 0 heterocycles. The molecular formula is C28H47F3O3. The number of hydrogen-bond acceptors (Lipinski definition) is 3. The van der Waals surface area contributed by atoms with Crippen LogP contribution < -0.4 is 0 Å². The lowest BCUT2D eigenvalue weighted by Gasteiger charge is -2.28. The van der Waals surface area contributed by atoms with Crippen LogP contribution in [0.25, 0.3) is 0 Å². The van der Waals surface area contributed by atoms with Crippen molar-refractivity contribution < 1.29 is 27.4 Å². The Kier molecular flexibility index (Phi) is 15.8. The minimum Gasteiger partial charge on any atom is -0.327 e. The number of alkyl halides is 3. The molecule has 0 spiro atoms. The Morgan fingerprint density at radius 2 is 1.18 bits per heavy atom. The molecule has 0 bridgehead atoms. The van der Waals surface area contributed by atoms with Gasteiger partial charge in [-0.2, -0.15) is 13.2 Å². The molecule has 1 aromatic rings. The van der Waals surface area contributed by atoms with E-state index in [4.69, 9.17) is 14.2 Å². The van der Waals surface area contributed by atoms with Crippen LogP contribution in [-0.2, 0) is 26.8 Å². The summed E-state index contributed by atoms with van der Waals surface area (Å²) in [6.45, 7) is 9.42. The second kappa shape index (κ2) is 17.3. The van der Waals surface area contributed by atoms with Crippen molar-refractivity contribution >= 4 is 0 Å². The highest BCUT2D eigenvalue weighted by Gasteiger charge is 2.29. The fourth-order valence-electron chi connectivity index (χ4n) is 3.87. The first-order chi connectivity index (χ1) is 16.1. The largest absolute Gasteiger partial charge is 0.416 e. The van der Waals surface area contributed by atoms with Crippen molar-refractivity contribution in [3.8, 4) is 0 Å². The lowest BCUT2D eigenvalue weighted by Crippen LogP contribution is -2.31. The lowest BCUT2D eigenvalue weighted by molar-refractivity contribution is -0.327. The van der Waals surface area contributed by atoms with Gasteiger partial charge in [-0.15, -0.1) is 0 Å². The van der Waals surface area contributed by atoms with Crippen LogP contribution in [0.3, 0.4) is 0 Å². The van der Waals surface area contributed by atoms with E-state index < -0.39 is 18.2 Å². The van der Waals surface area contributed by atoms with Crippen LogP contribution in [0.2, 0.25) is 0 Å². The molecule has 0 saturated heterocycles. The molecule has 0 N–H and O–H groups in total. The monoisotopic (exact) mass is 488 g/mol. The van der Waals surface area contributed by atoms with Crippen LogP contribution in [0.4, 0.5) is 13.2 Å². The standard InChI is InChI=1S/C28H47F3O3/c1-6-7-8-9-10-11-12-16-26(34-27(32-22(2)3)33-23(4)5)17-14-13-15-24-18-20-25(21-19-24)28(29,30)31/h18-23,26-27H,6-17H2,1-5H3. The Labute approximate surface area is 205 Å². The molecule has 0 fully saturated rings. The fraction of sp³-hybridized carbons (Fsp3) is 0.786. The summed E-state index contributed by atoms with van der Waals surface area (Å²) in [5, 5.41) is 0. The van der Waals surface area contributed by atoms with Crippen LogP contribution in [0.15, 0.2) is 24.3 Å². The summed E-state index contributed by atoms with van der Waals surface area (Å²) >= 11 is 0. The maximum absolute atomic E-state index is 12.7. The predicted octanol–water partition coefficient (Wildman–Crippen LogP) is 9.08. The van der Waals surface area contributed by atoms with Gasteiger partial charge in [0, 0.05) is 0 Å². The molecule has 0 aromatic heterocycles. The normalized spacial score (nSPS) is 13.4. The van der Waals surface area contributed by atoms with Gasteiger partial charge in [-0.05, 0) is 71.1 Å². The number of benzene rings is 1. The van der Waals surface area contributed by atoms with Crippen LogP contribution in [0.5, 0.6) is 0 Å². The van der Waals surface area contributed by atoms with E-state index in [0.717, 1.165) is 44.1 Å². The second-order valence-corrected chi connectivity index (χ2v) is 9.77. The average molecular weight is 489 g/mol. The average Bonchev–Trinajstić information content (AvgIpc) is 2.74. The third-order valence-electron chi connectivity index (χ3n) is 5.72. The van der Waals surface area contributed by atoms with Gasteiger partial charge in [-0.1, -0.05) is 70.4 Å². The highest BCUT2D eigenvalue weighted by molar-refractivity contribution is 5.24. The van der Waals surface area contributed by atoms with Crippen molar-refractivity contribution in [2.24, 2.45) is 0 Å². The van der Waals surface area contributed by atoms with Crippen LogP contribution in [0, 0.1) is 0 Å². The third-order valence-corrected chi connectivity index (χ3v) is 5.72. The van der Waals surface area contributed by atoms with Crippen molar-refractivity contribution in [2.45, 2.75) is 143 Å². The quantitative estimate of drug-likeness (QED) is 0.144. The summed E-state index contributed by atoms with van der Waals surface area (Å²) < 4.78 is 56.2. The summed E-state index contributed by atoms with van der Waals surface area (Å²) in [6.07, 6.45) is 8.98. The van der Waals surface area contributed by atoms with E-state index in [1.165, 1.54) is 50.7 Å². The number of rotatable bonds is 19. The molecule has 1 rings (SSSR count). The Bertz CT molecular complexity index is 604.